The van der Waals surface area contributed by atoms with E-state index in [1.165, 1.54) is 5.56 Å². The zero-order chi connectivity index (χ0) is 23.7. The lowest BCUT2D eigenvalue weighted by atomic mass is 9.81. The van der Waals surface area contributed by atoms with Crippen LogP contribution in [0.3, 0.4) is 0 Å². The molecule has 2 unspecified atom stereocenters. The Hall–Kier alpha value is -3.61. The molecule has 2 aromatic carbocycles. The minimum Gasteiger partial charge on any atom is -0.496 e. The molecule has 2 amide bonds. The van der Waals surface area contributed by atoms with E-state index >= 15 is 0 Å². The number of fused-ring (bicyclic) bond motifs is 1. The fourth-order valence-corrected chi connectivity index (χ4v) is 4.60. The van der Waals surface area contributed by atoms with Gasteiger partial charge in [-0.3, -0.25) is 14.3 Å². The average Bonchev–Trinajstić information content (AvgIpc) is 3.11. The number of methoxy groups -OCH3 is 1. The van der Waals surface area contributed by atoms with Gasteiger partial charge in [-0.25, -0.2) is 0 Å². The van der Waals surface area contributed by atoms with Gasteiger partial charge in [0.1, 0.15) is 17.6 Å². The van der Waals surface area contributed by atoms with Gasteiger partial charge in [-0.1, -0.05) is 38.1 Å². The fourth-order valence-electron chi connectivity index (χ4n) is 4.60. The number of amides is 2. The van der Waals surface area contributed by atoms with E-state index < -0.39 is 6.04 Å². The number of anilines is 1. The van der Waals surface area contributed by atoms with Crippen LogP contribution in [-0.4, -0.2) is 34.7 Å². The van der Waals surface area contributed by atoms with E-state index in [1.807, 2.05) is 39.1 Å². The number of ether oxygens (including phenoxy) is 1. The number of hydrogen-bond acceptors (Lipinski definition) is 4. The molecule has 0 radical (unpaired) electrons. The van der Waals surface area contributed by atoms with E-state index in [1.54, 1.807) is 23.9 Å². The van der Waals surface area contributed by atoms with Crippen LogP contribution in [0, 0.1) is 6.92 Å². The van der Waals surface area contributed by atoms with E-state index in [4.69, 9.17) is 4.74 Å². The molecule has 1 aromatic heterocycles. The number of benzene rings is 2. The van der Waals surface area contributed by atoms with Gasteiger partial charge in [-0.15, -0.1) is 0 Å². The molecule has 2 heterocycles. The second kappa shape index (κ2) is 9.10. The van der Waals surface area contributed by atoms with Crippen molar-refractivity contribution in [1.29, 1.82) is 0 Å². The van der Waals surface area contributed by atoms with Gasteiger partial charge in [-0.05, 0) is 54.7 Å². The van der Waals surface area contributed by atoms with Crippen molar-refractivity contribution in [2.45, 2.75) is 45.6 Å². The summed E-state index contributed by atoms with van der Waals surface area (Å²) < 4.78 is 7.07. The first-order valence-electron chi connectivity index (χ1n) is 11.3. The molecular formula is C26H30N4O3. The minimum absolute atomic E-state index is 0.257. The highest BCUT2D eigenvalue weighted by atomic mass is 16.5. The van der Waals surface area contributed by atoms with E-state index in [9.17, 15) is 9.59 Å². The largest absolute Gasteiger partial charge is 0.496 e. The molecule has 0 saturated carbocycles. The van der Waals surface area contributed by atoms with Crippen LogP contribution >= 0.6 is 0 Å². The van der Waals surface area contributed by atoms with Gasteiger partial charge in [0.25, 0.3) is 5.91 Å². The van der Waals surface area contributed by atoms with Crippen molar-refractivity contribution in [2.24, 2.45) is 7.05 Å². The average molecular weight is 447 g/mol. The summed E-state index contributed by atoms with van der Waals surface area (Å²) in [5.74, 6) is 0.515. The molecule has 0 spiro atoms. The van der Waals surface area contributed by atoms with Crippen LogP contribution < -0.4 is 15.4 Å². The summed E-state index contributed by atoms with van der Waals surface area (Å²) in [5, 5.41) is 10.5. The Labute approximate surface area is 194 Å². The maximum atomic E-state index is 13.3. The van der Waals surface area contributed by atoms with Gasteiger partial charge >= 0.3 is 0 Å². The zero-order valence-corrected chi connectivity index (χ0v) is 19.7. The molecule has 0 saturated heterocycles. The molecule has 0 fully saturated rings. The first-order valence-corrected chi connectivity index (χ1v) is 11.3. The summed E-state index contributed by atoms with van der Waals surface area (Å²) in [5.41, 5.74) is 5.37. The van der Waals surface area contributed by atoms with Gasteiger partial charge < -0.3 is 15.4 Å². The standard InChI is InChI=1S/C26H30N4O3/c1-6-16-8-10-18(11-9-16)22-21-15(3)29-30(4)24(21)28-26(32)23(22)27-25(31)19-12-13-20(33-5)17(7-2)14-19/h8-14,22-23H,6-7H2,1-5H3,(H,27,31)(H,28,32). The quantitative estimate of drug-likeness (QED) is 0.604. The van der Waals surface area contributed by atoms with Crippen molar-refractivity contribution < 1.29 is 14.3 Å². The Morgan fingerprint density at radius 2 is 1.88 bits per heavy atom. The SMILES string of the molecule is CCc1ccc(C2c3c(C)nn(C)c3NC(=O)C2NC(=O)c2ccc(OC)c(CC)c2)cc1. The summed E-state index contributed by atoms with van der Waals surface area (Å²) in [6.07, 6.45) is 1.67. The third-order valence-electron chi connectivity index (χ3n) is 6.39. The van der Waals surface area contributed by atoms with E-state index in [0.29, 0.717) is 11.4 Å². The predicted molar refractivity (Wildman–Crippen MR) is 128 cm³/mol. The van der Waals surface area contributed by atoms with Crippen LogP contribution in [0.1, 0.15) is 58.1 Å². The number of carbonyl (C=O) groups is 2. The summed E-state index contributed by atoms with van der Waals surface area (Å²) in [6, 6.07) is 12.8. The highest BCUT2D eigenvalue weighted by Crippen LogP contribution is 2.39. The number of aromatic nitrogens is 2. The summed E-state index contributed by atoms with van der Waals surface area (Å²) in [4.78, 5) is 26.5. The number of aryl methyl sites for hydroxylation is 4. The maximum Gasteiger partial charge on any atom is 0.251 e. The molecule has 4 rings (SSSR count). The summed E-state index contributed by atoms with van der Waals surface area (Å²) >= 11 is 0. The van der Waals surface area contributed by atoms with E-state index in [-0.39, 0.29) is 17.7 Å². The first kappa shape index (κ1) is 22.6. The second-order valence-electron chi connectivity index (χ2n) is 8.36. The molecule has 3 aromatic rings. The van der Waals surface area contributed by atoms with Gasteiger partial charge in [0.15, 0.2) is 0 Å². The third kappa shape index (κ3) is 4.11. The Bertz CT molecular complexity index is 1200. The monoisotopic (exact) mass is 446 g/mol. The molecule has 1 aliphatic heterocycles. The first-order chi connectivity index (χ1) is 15.9. The lowest BCUT2D eigenvalue weighted by Crippen LogP contribution is -2.50. The normalized spacial score (nSPS) is 17.3. The Balaban J connectivity index is 1.74. The Morgan fingerprint density at radius 1 is 1.15 bits per heavy atom. The van der Waals surface area contributed by atoms with Crippen molar-refractivity contribution in [3.05, 3.63) is 76.0 Å². The molecule has 0 aliphatic carbocycles. The molecule has 7 heteroatoms. The smallest absolute Gasteiger partial charge is 0.251 e. The van der Waals surface area contributed by atoms with Crippen molar-refractivity contribution >= 4 is 17.6 Å². The molecular weight excluding hydrogens is 416 g/mol. The molecule has 1 aliphatic rings. The molecule has 33 heavy (non-hydrogen) atoms. The lowest BCUT2D eigenvalue weighted by Gasteiger charge is -2.32. The van der Waals surface area contributed by atoms with Crippen LogP contribution in [0.15, 0.2) is 42.5 Å². The fraction of sp³-hybridized carbons (Fsp3) is 0.346. The van der Waals surface area contributed by atoms with Crippen LogP contribution in [0.5, 0.6) is 5.75 Å². The Morgan fingerprint density at radius 3 is 2.52 bits per heavy atom. The van der Waals surface area contributed by atoms with Crippen LogP contribution in [0.4, 0.5) is 5.82 Å². The number of rotatable bonds is 6. The van der Waals surface area contributed by atoms with Gasteiger partial charge in [0.2, 0.25) is 5.91 Å². The van der Waals surface area contributed by atoms with E-state index in [2.05, 4.69) is 34.8 Å². The molecule has 172 valence electrons. The van der Waals surface area contributed by atoms with Crippen LogP contribution in [0.2, 0.25) is 0 Å². The molecule has 2 atom stereocenters. The summed E-state index contributed by atoms with van der Waals surface area (Å²) in [7, 11) is 3.43. The van der Waals surface area contributed by atoms with Crippen LogP contribution in [0.25, 0.3) is 0 Å². The topological polar surface area (TPSA) is 85.3 Å². The van der Waals surface area contributed by atoms with E-state index in [0.717, 1.165) is 41.0 Å². The highest BCUT2D eigenvalue weighted by molar-refractivity contribution is 6.04. The van der Waals surface area contributed by atoms with Gasteiger partial charge in [0.05, 0.1) is 12.8 Å². The number of hydrogen-bond donors (Lipinski definition) is 2. The van der Waals surface area contributed by atoms with Crippen molar-refractivity contribution in [3.63, 3.8) is 0 Å². The molecule has 2 N–H and O–H groups in total. The number of carbonyl (C=O) groups excluding carboxylic acids is 2. The van der Waals surface area contributed by atoms with Gasteiger partial charge in [0, 0.05) is 24.1 Å². The van der Waals surface area contributed by atoms with Crippen molar-refractivity contribution in [1.82, 2.24) is 15.1 Å². The maximum absolute atomic E-state index is 13.3. The molecule has 0 bridgehead atoms. The third-order valence-corrected chi connectivity index (χ3v) is 6.39. The molecule has 7 nitrogen and oxygen atoms in total. The zero-order valence-electron chi connectivity index (χ0n) is 19.7. The van der Waals surface area contributed by atoms with Crippen LogP contribution in [-0.2, 0) is 24.7 Å². The van der Waals surface area contributed by atoms with Crippen molar-refractivity contribution in [3.8, 4) is 5.75 Å². The number of nitrogens with zero attached hydrogens (tertiary/aromatic N) is 2. The lowest BCUT2D eigenvalue weighted by molar-refractivity contribution is -0.118. The Kier molecular flexibility index (Phi) is 6.22. The second-order valence-corrected chi connectivity index (χ2v) is 8.36. The summed E-state index contributed by atoms with van der Waals surface area (Å²) in [6.45, 7) is 6.05. The number of nitrogens with one attached hydrogen (secondary N) is 2. The van der Waals surface area contributed by atoms with Crippen molar-refractivity contribution in [2.75, 3.05) is 12.4 Å². The predicted octanol–water partition coefficient (Wildman–Crippen LogP) is 3.74. The van der Waals surface area contributed by atoms with Gasteiger partial charge in [-0.2, -0.15) is 5.10 Å². The highest BCUT2D eigenvalue weighted by Gasteiger charge is 2.41. The minimum atomic E-state index is -0.771.